The van der Waals surface area contributed by atoms with Gasteiger partial charge < -0.3 is 9.84 Å². The molecule has 138 valence electrons. The van der Waals surface area contributed by atoms with E-state index in [1.54, 1.807) is 0 Å². The Morgan fingerprint density at radius 2 is 2.00 bits per heavy atom. The highest BCUT2D eigenvalue weighted by atomic mass is 16.5. The zero-order valence-electron chi connectivity index (χ0n) is 16.5. The first-order chi connectivity index (χ1) is 11.6. The van der Waals surface area contributed by atoms with Crippen LogP contribution in [-0.4, -0.2) is 23.3 Å². The number of allylic oxidation sites excluding steroid dienone is 5. The molecular formula is C22H32O3. The minimum Gasteiger partial charge on any atom is -0.462 e. The van der Waals surface area contributed by atoms with E-state index in [1.165, 1.54) is 6.92 Å². The van der Waals surface area contributed by atoms with Crippen LogP contribution in [0.3, 0.4) is 0 Å². The lowest BCUT2D eigenvalue weighted by atomic mass is 9.61. The van der Waals surface area contributed by atoms with Crippen molar-refractivity contribution in [3.05, 3.63) is 35.5 Å². The van der Waals surface area contributed by atoms with Crippen LogP contribution in [0.5, 0.6) is 0 Å². The number of carbonyl (C=O) groups is 1. The van der Waals surface area contributed by atoms with Gasteiger partial charge in [-0.15, -0.1) is 0 Å². The van der Waals surface area contributed by atoms with Gasteiger partial charge in [0.15, 0.2) is 0 Å². The predicted octanol–water partition coefficient (Wildman–Crippen LogP) is 4.58. The van der Waals surface area contributed by atoms with Crippen molar-refractivity contribution in [3.63, 3.8) is 0 Å². The van der Waals surface area contributed by atoms with Crippen molar-refractivity contribution in [1.82, 2.24) is 0 Å². The van der Waals surface area contributed by atoms with E-state index >= 15 is 0 Å². The lowest BCUT2D eigenvalue weighted by Crippen LogP contribution is -2.51. The van der Waals surface area contributed by atoms with Gasteiger partial charge in [0.2, 0.25) is 0 Å². The van der Waals surface area contributed by atoms with E-state index in [1.807, 2.05) is 38.2 Å². The Morgan fingerprint density at radius 1 is 1.32 bits per heavy atom. The second-order valence-corrected chi connectivity index (χ2v) is 7.65. The van der Waals surface area contributed by atoms with Crippen molar-refractivity contribution >= 4 is 5.97 Å². The van der Waals surface area contributed by atoms with Crippen LogP contribution in [0.1, 0.15) is 60.8 Å². The maximum absolute atomic E-state index is 11.1. The molecule has 0 radical (unpaired) electrons. The first-order valence-corrected chi connectivity index (χ1v) is 8.99. The molecule has 3 nitrogen and oxygen atoms in total. The van der Waals surface area contributed by atoms with E-state index in [-0.39, 0.29) is 23.9 Å². The fourth-order valence-corrected chi connectivity index (χ4v) is 3.15. The Balaban J connectivity index is 2.77. The summed E-state index contributed by atoms with van der Waals surface area (Å²) in [6.07, 6.45) is 10.8. The molecule has 1 N–H and O–H groups in total. The third-order valence-electron chi connectivity index (χ3n) is 5.03. The molecular weight excluding hydrogens is 312 g/mol. The van der Waals surface area contributed by atoms with Gasteiger partial charge in [0.05, 0.1) is 0 Å². The molecule has 1 aliphatic carbocycles. The average molecular weight is 344 g/mol. The lowest BCUT2D eigenvalue weighted by Gasteiger charge is -2.47. The van der Waals surface area contributed by atoms with Gasteiger partial charge >= 0.3 is 5.97 Å². The molecule has 0 aromatic heterocycles. The molecule has 2 unspecified atom stereocenters. The van der Waals surface area contributed by atoms with E-state index in [2.05, 4.69) is 32.6 Å². The van der Waals surface area contributed by atoms with Crippen molar-refractivity contribution in [2.75, 3.05) is 6.61 Å². The molecule has 1 rings (SSSR count). The number of hydrogen-bond acceptors (Lipinski definition) is 3. The molecule has 1 aliphatic rings. The molecule has 0 saturated heterocycles. The summed E-state index contributed by atoms with van der Waals surface area (Å²) in [7, 11) is 0. The van der Waals surface area contributed by atoms with Crippen molar-refractivity contribution in [2.45, 2.75) is 66.4 Å². The van der Waals surface area contributed by atoms with Crippen LogP contribution in [0.25, 0.3) is 0 Å². The summed E-state index contributed by atoms with van der Waals surface area (Å²) in [6, 6.07) is 0. The van der Waals surface area contributed by atoms with Gasteiger partial charge in [-0.3, -0.25) is 4.79 Å². The van der Waals surface area contributed by atoms with E-state index < -0.39 is 5.60 Å². The number of rotatable bonds is 4. The molecule has 0 aliphatic heterocycles. The first kappa shape index (κ1) is 21.3. The van der Waals surface area contributed by atoms with E-state index in [0.29, 0.717) is 0 Å². The molecule has 0 aromatic carbocycles. The number of carbonyl (C=O) groups excluding carboxylic acids is 1. The standard InChI is InChI=1S/C22H32O3/c1-17(9-7-10-18(2)13-16-25-20(4)23)12-15-22(24)19(3)11-8-14-21(22,5)6/h7,9-10,13,19,24H,8,11,14,16H2,1-6H3/b10-7+,17-9-,18-13?. The molecule has 2 atom stereocenters. The van der Waals surface area contributed by atoms with E-state index in [4.69, 9.17) is 4.74 Å². The summed E-state index contributed by atoms with van der Waals surface area (Å²) < 4.78 is 4.87. The second-order valence-electron chi connectivity index (χ2n) is 7.65. The van der Waals surface area contributed by atoms with E-state index in [9.17, 15) is 9.90 Å². The first-order valence-electron chi connectivity index (χ1n) is 8.99. The smallest absolute Gasteiger partial charge is 0.302 e. The van der Waals surface area contributed by atoms with Crippen LogP contribution in [0, 0.1) is 23.2 Å². The fraction of sp³-hybridized carbons (Fsp3) is 0.591. The predicted molar refractivity (Wildman–Crippen MR) is 103 cm³/mol. The third-order valence-corrected chi connectivity index (χ3v) is 5.03. The average Bonchev–Trinajstić information content (AvgIpc) is 2.50. The maximum Gasteiger partial charge on any atom is 0.302 e. The Kier molecular flexibility index (Phi) is 7.70. The number of ether oxygens (including phenoxy) is 1. The molecule has 25 heavy (non-hydrogen) atoms. The largest absolute Gasteiger partial charge is 0.462 e. The minimum atomic E-state index is -0.941. The van der Waals surface area contributed by atoms with Gasteiger partial charge in [-0.2, -0.15) is 0 Å². The van der Waals surface area contributed by atoms with Gasteiger partial charge in [-0.1, -0.05) is 62.8 Å². The van der Waals surface area contributed by atoms with Crippen LogP contribution in [-0.2, 0) is 9.53 Å². The highest BCUT2D eigenvalue weighted by Gasteiger charge is 2.48. The van der Waals surface area contributed by atoms with Crippen molar-refractivity contribution in [2.24, 2.45) is 11.3 Å². The maximum atomic E-state index is 11.1. The fourth-order valence-electron chi connectivity index (χ4n) is 3.15. The quantitative estimate of drug-likeness (QED) is 0.461. The van der Waals surface area contributed by atoms with Gasteiger partial charge in [-0.05, 0) is 44.3 Å². The summed E-state index contributed by atoms with van der Waals surface area (Å²) in [5.74, 6) is 6.18. The summed E-state index contributed by atoms with van der Waals surface area (Å²) in [5, 5.41) is 11.1. The highest BCUT2D eigenvalue weighted by Crippen LogP contribution is 2.46. The van der Waals surface area contributed by atoms with Crippen molar-refractivity contribution in [3.8, 4) is 11.8 Å². The molecule has 1 saturated carbocycles. The van der Waals surface area contributed by atoms with Crippen molar-refractivity contribution < 1.29 is 14.6 Å². The van der Waals surface area contributed by atoms with Gasteiger partial charge in [0, 0.05) is 12.3 Å². The normalized spacial score (nSPS) is 26.9. The summed E-state index contributed by atoms with van der Waals surface area (Å²) in [5.41, 5.74) is 0.790. The summed E-state index contributed by atoms with van der Waals surface area (Å²) in [4.78, 5) is 10.7. The van der Waals surface area contributed by atoms with Crippen LogP contribution in [0.15, 0.2) is 35.5 Å². The molecule has 3 heteroatoms. The zero-order valence-corrected chi connectivity index (χ0v) is 16.5. The summed E-state index contributed by atoms with van der Waals surface area (Å²) in [6.45, 7) is 11.9. The molecule has 0 spiro atoms. The van der Waals surface area contributed by atoms with E-state index in [0.717, 1.165) is 30.4 Å². The lowest BCUT2D eigenvalue weighted by molar-refractivity contribution is -0.139. The van der Waals surface area contributed by atoms with Crippen molar-refractivity contribution in [1.29, 1.82) is 0 Å². The Bertz CT molecular complexity index is 625. The van der Waals surface area contributed by atoms with Crippen LogP contribution in [0.4, 0.5) is 0 Å². The van der Waals surface area contributed by atoms with Gasteiger partial charge in [0.25, 0.3) is 0 Å². The number of hydrogen-bond donors (Lipinski definition) is 1. The Hall–Kier alpha value is -1.79. The van der Waals surface area contributed by atoms with Gasteiger partial charge in [0.1, 0.15) is 12.2 Å². The summed E-state index contributed by atoms with van der Waals surface area (Å²) >= 11 is 0. The Morgan fingerprint density at radius 3 is 2.60 bits per heavy atom. The third kappa shape index (κ3) is 6.21. The number of aliphatic hydroxyl groups is 1. The topological polar surface area (TPSA) is 46.5 Å². The Labute approximate surface area is 152 Å². The van der Waals surface area contributed by atoms with Gasteiger partial charge in [-0.25, -0.2) is 0 Å². The van der Waals surface area contributed by atoms with Crippen LogP contribution in [0.2, 0.25) is 0 Å². The minimum absolute atomic E-state index is 0.179. The highest BCUT2D eigenvalue weighted by molar-refractivity contribution is 5.66. The van der Waals surface area contributed by atoms with Crippen LogP contribution < -0.4 is 0 Å². The molecule has 0 aromatic rings. The monoisotopic (exact) mass is 344 g/mol. The van der Waals surface area contributed by atoms with Crippen LogP contribution >= 0.6 is 0 Å². The number of esters is 1. The molecule has 0 bridgehead atoms. The SMILES string of the molecule is CC(=O)OCC=C(C)/C=C/C=C(/C)C#CC1(O)C(C)CCCC1(C)C. The molecule has 0 heterocycles. The molecule has 0 amide bonds. The second kappa shape index (κ2) is 9.06. The molecule has 1 fully saturated rings. The zero-order chi connectivity index (χ0) is 19.1.